The Hall–Kier alpha value is -1.13. The van der Waals surface area contributed by atoms with Gasteiger partial charge in [0.2, 0.25) is 0 Å². The molecular formula is C13H20FN3. The highest BCUT2D eigenvalue weighted by atomic mass is 19.1. The molecule has 17 heavy (non-hydrogen) atoms. The van der Waals surface area contributed by atoms with Crippen LogP contribution >= 0.6 is 0 Å². The molecular weight excluding hydrogens is 217 g/mol. The first-order valence-corrected chi connectivity index (χ1v) is 6.17. The van der Waals surface area contributed by atoms with Crippen LogP contribution in [-0.2, 0) is 0 Å². The number of nitrogens with one attached hydrogen (secondary N) is 1. The molecule has 94 valence electrons. The molecule has 1 aromatic carbocycles. The Morgan fingerprint density at radius 3 is 2.53 bits per heavy atom. The van der Waals surface area contributed by atoms with E-state index in [2.05, 4.69) is 15.1 Å². The summed E-state index contributed by atoms with van der Waals surface area (Å²) in [6.45, 7) is 5.92. The van der Waals surface area contributed by atoms with Gasteiger partial charge in [-0.3, -0.25) is 4.90 Å². The van der Waals surface area contributed by atoms with E-state index in [1.165, 1.54) is 6.07 Å². The van der Waals surface area contributed by atoms with Crippen LogP contribution in [0.4, 0.5) is 10.1 Å². The van der Waals surface area contributed by atoms with Crippen LogP contribution < -0.4 is 10.2 Å². The number of halogens is 1. The van der Waals surface area contributed by atoms with E-state index in [4.69, 9.17) is 0 Å². The van der Waals surface area contributed by atoms with Crippen LogP contribution in [0.2, 0.25) is 0 Å². The summed E-state index contributed by atoms with van der Waals surface area (Å²) in [5.41, 5.74) is 0.737. The van der Waals surface area contributed by atoms with E-state index in [9.17, 15) is 4.39 Å². The molecule has 3 nitrogen and oxygen atoms in total. The molecule has 1 fully saturated rings. The third-order valence-corrected chi connectivity index (χ3v) is 3.24. The van der Waals surface area contributed by atoms with Gasteiger partial charge in [0.1, 0.15) is 5.82 Å². The van der Waals surface area contributed by atoms with Crippen molar-refractivity contribution in [3.8, 4) is 0 Å². The highest BCUT2D eigenvalue weighted by Gasteiger charge is 2.18. The van der Waals surface area contributed by atoms with Gasteiger partial charge in [0.05, 0.1) is 5.69 Å². The lowest BCUT2D eigenvalue weighted by molar-refractivity contribution is 0.259. The average Bonchev–Trinajstić information content (AvgIpc) is 2.38. The Balaban J connectivity index is 1.89. The van der Waals surface area contributed by atoms with Crippen molar-refractivity contribution < 1.29 is 4.39 Å². The number of benzene rings is 1. The van der Waals surface area contributed by atoms with E-state index in [1.54, 1.807) is 6.07 Å². The van der Waals surface area contributed by atoms with Crippen LogP contribution in [-0.4, -0.2) is 51.2 Å². The average molecular weight is 237 g/mol. The van der Waals surface area contributed by atoms with Crippen LogP contribution in [0.3, 0.4) is 0 Å². The van der Waals surface area contributed by atoms with Gasteiger partial charge in [-0.1, -0.05) is 12.1 Å². The number of nitrogens with zero attached hydrogens (tertiary/aromatic N) is 2. The summed E-state index contributed by atoms with van der Waals surface area (Å²) >= 11 is 0. The zero-order valence-electron chi connectivity index (χ0n) is 10.3. The first-order chi connectivity index (χ1) is 8.31. The minimum Gasteiger partial charge on any atom is -0.367 e. The number of hydrogen-bond donors (Lipinski definition) is 1. The monoisotopic (exact) mass is 237 g/mol. The molecule has 0 unspecified atom stereocenters. The van der Waals surface area contributed by atoms with Gasteiger partial charge in [0, 0.05) is 39.3 Å². The van der Waals surface area contributed by atoms with E-state index in [0.29, 0.717) is 0 Å². The Morgan fingerprint density at radius 2 is 1.88 bits per heavy atom. The van der Waals surface area contributed by atoms with E-state index in [-0.39, 0.29) is 5.82 Å². The molecule has 0 spiro atoms. The van der Waals surface area contributed by atoms with Crippen LogP contribution in [0.15, 0.2) is 24.3 Å². The van der Waals surface area contributed by atoms with Crippen molar-refractivity contribution in [2.24, 2.45) is 0 Å². The first-order valence-electron chi connectivity index (χ1n) is 6.17. The zero-order chi connectivity index (χ0) is 12.1. The maximum absolute atomic E-state index is 13.6. The molecule has 1 aromatic rings. The second-order valence-corrected chi connectivity index (χ2v) is 4.38. The lowest BCUT2D eigenvalue weighted by atomic mass is 10.2. The highest BCUT2D eigenvalue weighted by molar-refractivity contribution is 5.47. The summed E-state index contributed by atoms with van der Waals surface area (Å²) in [5, 5.41) is 3.15. The Bertz CT molecular complexity index is 348. The molecule has 0 aromatic heterocycles. The van der Waals surface area contributed by atoms with E-state index in [0.717, 1.165) is 45.0 Å². The molecule has 0 atom stereocenters. The normalized spacial score (nSPS) is 17.4. The predicted molar refractivity (Wildman–Crippen MR) is 69.0 cm³/mol. The van der Waals surface area contributed by atoms with Crippen LogP contribution in [0.1, 0.15) is 0 Å². The summed E-state index contributed by atoms with van der Waals surface area (Å²) in [5.74, 6) is -0.115. The van der Waals surface area contributed by atoms with E-state index in [1.807, 2.05) is 19.2 Å². The summed E-state index contributed by atoms with van der Waals surface area (Å²) in [7, 11) is 1.97. The van der Waals surface area contributed by atoms with Gasteiger partial charge in [0.15, 0.2) is 0 Å². The molecule has 1 aliphatic rings. The number of para-hydroxylation sites is 1. The van der Waals surface area contributed by atoms with Crippen molar-refractivity contribution in [2.75, 3.05) is 51.2 Å². The number of piperazine rings is 1. The molecule has 0 aliphatic carbocycles. The minimum absolute atomic E-state index is 0.115. The van der Waals surface area contributed by atoms with E-state index >= 15 is 0 Å². The van der Waals surface area contributed by atoms with Crippen molar-refractivity contribution in [1.82, 2.24) is 10.2 Å². The van der Waals surface area contributed by atoms with Crippen molar-refractivity contribution in [1.29, 1.82) is 0 Å². The highest BCUT2D eigenvalue weighted by Crippen LogP contribution is 2.19. The lowest BCUT2D eigenvalue weighted by Gasteiger charge is -2.36. The second-order valence-electron chi connectivity index (χ2n) is 4.38. The molecule has 1 heterocycles. The molecule has 1 aliphatic heterocycles. The van der Waals surface area contributed by atoms with Gasteiger partial charge in [-0.25, -0.2) is 4.39 Å². The summed E-state index contributed by atoms with van der Waals surface area (Å²) in [4.78, 5) is 4.54. The van der Waals surface area contributed by atoms with Gasteiger partial charge in [-0.2, -0.15) is 0 Å². The number of rotatable bonds is 4. The molecule has 2 rings (SSSR count). The SMILES string of the molecule is CNCCN1CCN(c2ccccc2F)CC1. The number of likely N-dealkylation sites (N-methyl/N-ethyl adjacent to an activating group) is 1. The van der Waals surface area contributed by atoms with Crippen LogP contribution in [0, 0.1) is 5.82 Å². The van der Waals surface area contributed by atoms with Crippen molar-refractivity contribution in [3.05, 3.63) is 30.1 Å². The van der Waals surface area contributed by atoms with Crippen molar-refractivity contribution in [2.45, 2.75) is 0 Å². The fourth-order valence-corrected chi connectivity index (χ4v) is 2.19. The molecule has 0 bridgehead atoms. The predicted octanol–water partition coefficient (Wildman–Crippen LogP) is 1.17. The standard InChI is InChI=1S/C13H20FN3/c1-15-6-7-16-8-10-17(11-9-16)13-5-3-2-4-12(13)14/h2-5,15H,6-11H2,1H3. The molecule has 0 radical (unpaired) electrons. The Kier molecular flexibility index (Phi) is 4.34. The number of hydrogen-bond acceptors (Lipinski definition) is 3. The van der Waals surface area contributed by atoms with Crippen molar-refractivity contribution in [3.63, 3.8) is 0 Å². The zero-order valence-corrected chi connectivity index (χ0v) is 10.3. The molecule has 4 heteroatoms. The largest absolute Gasteiger partial charge is 0.367 e. The lowest BCUT2D eigenvalue weighted by Crippen LogP contribution is -2.48. The molecule has 0 amide bonds. The first kappa shape index (κ1) is 12.3. The fraction of sp³-hybridized carbons (Fsp3) is 0.538. The quantitative estimate of drug-likeness (QED) is 0.848. The van der Waals surface area contributed by atoms with Crippen LogP contribution in [0.5, 0.6) is 0 Å². The molecule has 1 N–H and O–H groups in total. The summed E-state index contributed by atoms with van der Waals surface area (Å²) in [6.07, 6.45) is 0. The smallest absolute Gasteiger partial charge is 0.146 e. The topological polar surface area (TPSA) is 18.5 Å². The Labute approximate surface area is 102 Å². The number of anilines is 1. The van der Waals surface area contributed by atoms with Gasteiger partial charge in [-0.05, 0) is 19.2 Å². The summed E-state index contributed by atoms with van der Waals surface area (Å²) < 4.78 is 13.6. The maximum atomic E-state index is 13.6. The van der Waals surface area contributed by atoms with Gasteiger partial charge < -0.3 is 10.2 Å². The second kappa shape index (κ2) is 5.98. The van der Waals surface area contributed by atoms with Gasteiger partial charge in [-0.15, -0.1) is 0 Å². The minimum atomic E-state index is -0.115. The van der Waals surface area contributed by atoms with Gasteiger partial charge >= 0.3 is 0 Å². The summed E-state index contributed by atoms with van der Waals surface area (Å²) in [6, 6.07) is 7.02. The third-order valence-electron chi connectivity index (χ3n) is 3.24. The van der Waals surface area contributed by atoms with Gasteiger partial charge in [0.25, 0.3) is 0 Å². The molecule has 0 saturated carbocycles. The fourth-order valence-electron chi connectivity index (χ4n) is 2.19. The molecule has 1 saturated heterocycles. The Morgan fingerprint density at radius 1 is 1.18 bits per heavy atom. The maximum Gasteiger partial charge on any atom is 0.146 e. The third kappa shape index (κ3) is 3.17. The van der Waals surface area contributed by atoms with Crippen LogP contribution in [0.25, 0.3) is 0 Å². The van der Waals surface area contributed by atoms with Crippen molar-refractivity contribution >= 4 is 5.69 Å². The van der Waals surface area contributed by atoms with E-state index < -0.39 is 0 Å².